The van der Waals surface area contributed by atoms with E-state index in [1.165, 1.54) is 0 Å². The normalized spacial score (nSPS) is 10.6. The summed E-state index contributed by atoms with van der Waals surface area (Å²) in [5.74, 6) is -2.61. The van der Waals surface area contributed by atoms with Crippen LogP contribution in [0.4, 0.5) is 17.5 Å². The van der Waals surface area contributed by atoms with Crippen molar-refractivity contribution in [2.75, 3.05) is 42.7 Å². The van der Waals surface area contributed by atoms with Gasteiger partial charge in [0, 0.05) is 0 Å². The molecular weight excluding hydrogens is 246 g/mol. The van der Waals surface area contributed by atoms with E-state index >= 15 is 0 Å². The molecule has 1 aromatic rings. The molecule has 18 heavy (non-hydrogen) atoms. The van der Waals surface area contributed by atoms with Crippen LogP contribution in [0.2, 0.25) is 0 Å². The molecule has 0 spiro atoms. The van der Waals surface area contributed by atoms with Gasteiger partial charge in [-0.3, -0.25) is 4.90 Å². The highest BCUT2D eigenvalue weighted by molar-refractivity contribution is 5.53. The standard InChI is InChI=1S/C8H15N5O5/c9-5-7(11(1-3-14)2-4-15)13(18)8(16)6(10)12(5)17/h14-16H,1-4,9-10H2. The molecule has 0 atom stereocenters. The van der Waals surface area contributed by atoms with Crippen molar-refractivity contribution in [3.63, 3.8) is 0 Å². The fraction of sp³-hybridized carbons (Fsp3) is 0.500. The van der Waals surface area contributed by atoms with Crippen LogP contribution in [0.25, 0.3) is 0 Å². The summed E-state index contributed by atoms with van der Waals surface area (Å²) in [4.78, 5) is 1.16. The Balaban J connectivity index is 3.37. The molecule has 10 nitrogen and oxygen atoms in total. The molecule has 10 heteroatoms. The average molecular weight is 261 g/mol. The lowest BCUT2D eigenvalue weighted by Crippen LogP contribution is -2.48. The van der Waals surface area contributed by atoms with Crippen LogP contribution in [0, 0.1) is 10.4 Å². The van der Waals surface area contributed by atoms with Crippen molar-refractivity contribution in [2.24, 2.45) is 0 Å². The predicted octanol–water partition coefficient (Wildman–Crippen LogP) is -3.39. The van der Waals surface area contributed by atoms with Crippen molar-refractivity contribution >= 4 is 17.5 Å². The summed E-state index contributed by atoms with van der Waals surface area (Å²) in [5.41, 5.74) is 10.6. The topological polar surface area (TPSA) is 170 Å². The van der Waals surface area contributed by atoms with Crippen LogP contribution in [-0.4, -0.2) is 41.6 Å². The Hall–Kier alpha value is -2.20. The number of nitrogens with two attached hydrogens (primary N) is 2. The smallest absolute Gasteiger partial charge is 0.360 e. The van der Waals surface area contributed by atoms with Gasteiger partial charge in [0.15, 0.2) is 0 Å². The zero-order valence-corrected chi connectivity index (χ0v) is 9.48. The highest BCUT2D eigenvalue weighted by Gasteiger charge is 2.29. The maximum atomic E-state index is 11.7. The van der Waals surface area contributed by atoms with E-state index in [2.05, 4.69) is 0 Å². The zero-order chi connectivity index (χ0) is 13.9. The summed E-state index contributed by atoms with van der Waals surface area (Å²) in [5, 5.41) is 50.3. The third-order valence-corrected chi connectivity index (χ3v) is 2.32. The first-order valence-electron chi connectivity index (χ1n) is 5.05. The summed E-state index contributed by atoms with van der Waals surface area (Å²) in [7, 11) is 0. The first-order chi connectivity index (χ1) is 8.45. The number of anilines is 3. The summed E-state index contributed by atoms with van der Waals surface area (Å²) in [6, 6.07) is 0. The Labute approximate surface area is 102 Å². The minimum atomic E-state index is -0.991. The molecule has 0 fully saturated rings. The van der Waals surface area contributed by atoms with E-state index in [0.717, 1.165) is 4.90 Å². The fourth-order valence-electron chi connectivity index (χ4n) is 1.48. The average Bonchev–Trinajstić information content (AvgIpc) is 2.35. The molecular formula is C8H15N5O5. The number of aromatic hydroxyl groups is 1. The number of hydrogen-bond donors (Lipinski definition) is 5. The minimum absolute atomic E-state index is 0.000809. The molecule has 0 saturated carbocycles. The van der Waals surface area contributed by atoms with E-state index in [0.29, 0.717) is 0 Å². The van der Waals surface area contributed by atoms with Gasteiger partial charge in [-0.15, -0.1) is 0 Å². The quantitative estimate of drug-likeness (QED) is 0.270. The van der Waals surface area contributed by atoms with E-state index in [1.54, 1.807) is 0 Å². The highest BCUT2D eigenvalue weighted by Crippen LogP contribution is 2.20. The molecule has 0 aromatic carbocycles. The molecule has 0 bridgehead atoms. The van der Waals surface area contributed by atoms with Gasteiger partial charge in [-0.05, 0) is 0 Å². The third kappa shape index (κ3) is 2.24. The number of rotatable bonds is 5. The largest absolute Gasteiger partial charge is 0.740 e. The molecule has 0 aliphatic heterocycles. The van der Waals surface area contributed by atoms with Crippen LogP contribution >= 0.6 is 0 Å². The second kappa shape index (κ2) is 5.42. The molecule has 0 unspecified atom stereocenters. The molecule has 0 aliphatic rings. The van der Waals surface area contributed by atoms with E-state index in [1.807, 2.05) is 0 Å². The first-order valence-corrected chi connectivity index (χ1v) is 5.05. The number of hydrogen-bond acceptors (Lipinski definition) is 8. The molecule has 0 amide bonds. The second-order valence-corrected chi connectivity index (χ2v) is 3.44. The van der Waals surface area contributed by atoms with Crippen molar-refractivity contribution in [2.45, 2.75) is 0 Å². The molecule has 7 N–H and O–H groups in total. The Morgan fingerprint density at radius 2 is 1.50 bits per heavy atom. The van der Waals surface area contributed by atoms with Crippen molar-refractivity contribution in [3.8, 4) is 5.88 Å². The molecule has 1 aromatic heterocycles. The lowest BCUT2D eigenvalue weighted by molar-refractivity contribution is -0.641. The lowest BCUT2D eigenvalue weighted by atomic mass is 10.4. The third-order valence-electron chi connectivity index (χ3n) is 2.32. The Kier molecular flexibility index (Phi) is 4.18. The van der Waals surface area contributed by atoms with Crippen molar-refractivity contribution in [1.82, 2.24) is 0 Å². The van der Waals surface area contributed by atoms with Gasteiger partial charge in [0.2, 0.25) is 0 Å². The van der Waals surface area contributed by atoms with Gasteiger partial charge in [0.25, 0.3) is 0 Å². The number of aliphatic hydroxyl groups is 2. The van der Waals surface area contributed by atoms with Crippen LogP contribution in [0.5, 0.6) is 5.88 Å². The van der Waals surface area contributed by atoms with Crippen molar-refractivity contribution in [3.05, 3.63) is 10.4 Å². The van der Waals surface area contributed by atoms with Gasteiger partial charge in [-0.25, -0.2) is 4.73 Å². The van der Waals surface area contributed by atoms with Crippen LogP contribution in [0.15, 0.2) is 0 Å². The Morgan fingerprint density at radius 3 is 1.94 bits per heavy atom. The highest BCUT2D eigenvalue weighted by atomic mass is 16.5. The predicted molar refractivity (Wildman–Crippen MR) is 61.2 cm³/mol. The number of nitrogen functional groups attached to an aromatic ring is 2. The first kappa shape index (κ1) is 13.9. The monoisotopic (exact) mass is 261 g/mol. The second-order valence-electron chi connectivity index (χ2n) is 3.44. The van der Waals surface area contributed by atoms with Gasteiger partial charge in [0.1, 0.15) is 13.1 Å². The van der Waals surface area contributed by atoms with Crippen molar-refractivity contribution in [1.29, 1.82) is 0 Å². The Bertz CT molecular complexity index is 405. The van der Waals surface area contributed by atoms with Gasteiger partial charge < -0.3 is 37.2 Å². The van der Waals surface area contributed by atoms with Crippen LogP contribution in [-0.2, 0) is 0 Å². The van der Waals surface area contributed by atoms with Crippen LogP contribution < -0.4 is 25.8 Å². The summed E-state index contributed by atoms with van der Waals surface area (Å²) < 4.78 is -0.0226. The number of nitrogens with zero attached hydrogens (tertiary/aromatic N) is 3. The fourth-order valence-corrected chi connectivity index (χ4v) is 1.48. The van der Waals surface area contributed by atoms with E-state index in [4.69, 9.17) is 21.7 Å². The van der Waals surface area contributed by atoms with Gasteiger partial charge in [-0.2, -0.15) is 4.73 Å². The zero-order valence-electron chi connectivity index (χ0n) is 9.48. The molecule has 0 aliphatic carbocycles. The molecule has 0 radical (unpaired) electrons. The number of aliphatic hydroxyl groups excluding tert-OH is 2. The summed E-state index contributed by atoms with van der Waals surface area (Å²) >= 11 is 0. The molecule has 1 rings (SSSR count). The SMILES string of the molecule is Nc1c(O)[n+]([O-])c(N(CCO)CCO)c(N)[n+]1[O-]. The Morgan fingerprint density at radius 1 is 1.00 bits per heavy atom. The minimum Gasteiger partial charge on any atom is -0.740 e. The summed E-state index contributed by atoms with van der Waals surface area (Å²) in [6.07, 6.45) is 0. The van der Waals surface area contributed by atoms with Crippen LogP contribution in [0.3, 0.4) is 0 Å². The summed E-state index contributed by atoms with van der Waals surface area (Å²) in [6.45, 7) is -0.750. The molecule has 102 valence electrons. The lowest BCUT2D eigenvalue weighted by Gasteiger charge is -2.22. The van der Waals surface area contributed by atoms with Gasteiger partial charge in [-0.1, -0.05) is 0 Å². The van der Waals surface area contributed by atoms with E-state index in [9.17, 15) is 15.5 Å². The van der Waals surface area contributed by atoms with Crippen LogP contribution in [0.1, 0.15) is 0 Å². The maximum absolute atomic E-state index is 11.7. The van der Waals surface area contributed by atoms with E-state index < -0.39 is 17.5 Å². The maximum Gasteiger partial charge on any atom is 0.360 e. The molecule has 1 heterocycles. The van der Waals surface area contributed by atoms with Gasteiger partial charge in [0.05, 0.1) is 13.2 Å². The molecule has 0 saturated heterocycles. The number of aromatic nitrogens is 2. The van der Waals surface area contributed by atoms with Crippen molar-refractivity contribution < 1.29 is 24.8 Å². The van der Waals surface area contributed by atoms with E-state index in [-0.39, 0.29) is 41.6 Å². The van der Waals surface area contributed by atoms with Gasteiger partial charge >= 0.3 is 23.3 Å².